The number of carbonyl (C=O) groups is 2. The summed E-state index contributed by atoms with van der Waals surface area (Å²) in [6, 6.07) is 9.52. The Hall–Kier alpha value is -2.87. The maximum Gasteiger partial charge on any atom is 0.339 e. The van der Waals surface area contributed by atoms with Crippen molar-refractivity contribution < 1.29 is 22.2 Å². The lowest BCUT2D eigenvalue weighted by molar-refractivity contribution is 0.0990. The molecule has 0 heterocycles. The fourth-order valence-electron chi connectivity index (χ4n) is 1.93. The lowest BCUT2D eigenvalue weighted by Gasteiger charge is -2.11. The van der Waals surface area contributed by atoms with Crippen LogP contribution < -0.4 is 15.7 Å². The van der Waals surface area contributed by atoms with Crippen LogP contribution in [0.3, 0.4) is 0 Å². The Bertz CT molecular complexity index is 890. The zero-order valence-corrected chi connectivity index (χ0v) is 13.0. The maximum atomic E-state index is 12.3. The molecule has 0 radical (unpaired) electrons. The van der Waals surface area contributed by atoms with Gasteiger partial charge in [0.25, 0.3) is 5.91 Å². The molecule has 2 amide bonds. The first-order chi connectivity index (χ1) is 10.7. The van der Waals surface area contributed by atoms with Crippen molar-refractivity contribution in [3.05, 3.63) is 59.2 Å². The van der Waals surface area contributed by atoms with Crippen LogP contribution in [0.2, 0.25) is 0 Å². The number of carbonyl (C=O) groups excluding carboxylic acids is 2. The van der Waals surface area contributed by atoms with Gasteiger partial charge in [-0.2, -0.15) is 8.42 Å². The molecule has 0 saturated heterocycles. The summed E-state index contributed by atoms with van der Waals surface area (Å²) in [7, 11) is -4.26. The van der Waals surface area contributed by atoms with Gasteiger partial charge in [0.2, 0.25) is 5.91 Å². The van der Waals surface area contributed by atoms with E-state index in [-0.39, 0.29) is 21.8 Å². The molecule has 0 aliphatic carbocycles. The first kappa shape index (κ1) is 16.5. The lowest BCUT2D eigenvalue weighted by Crippen LogP contribution is -2.18. The summed E-state index contributed by atoms with van der Waals surface area (Å²) in [5.41, 5.74) is 10.9. The van der Waals surface area contributed by atoms with Crippen molar-refractivity contribution >= 4 is 21.9 Å². The summed E-state index contributed by atoms with van der Waals surface area (Å²) in [6.07, 6.45) is 0. The number of amides is 2. The number of rotatable bonds is 5. The molecule has 0 fully saturated rings. The topological polar surface area (TPSA) is 130 Å². The minimum Gasteiger partial charge on any atom is -0.378 e. The van der Waals surface area contributed by atoms with Crippen molar-refractivity contribution in [2.24, 2.45) is 11.5 Å². The van der Waals surface area contributed by atoms with E-state index >= 15 is 0 Å². The first-order valence-corrected chi connectivity index (χ1v) is 7.87. The summed E-state index contributed by atoms with van der Waals surface area (Å²) < 4.78 is 29.6. The van der Waals surface area contributed by atoms with E-state index in [1.54, 1.807) is 6.92 Å². The molecule has 0 aliphatic rings. The second kappa shape index (κ2) is 6.09. The minimum absolute atomic E-state index is 0.0675. The van der Waals surface area contributed by atoms with Crippen LogP contribution in [0.4, 0.5) is 0 Å². The van der Waals surface area contributed by atoms with Gasteiger partial charge in [0.05, 0.1) is 5.56 Å². The van der Waals surface area contributed by atoms with Gasteiger partial charge in [0, 0.05) is 5.56 Å². The Labute approximate surface area is 133 Å². The average Bonchev–Trinajstić information content (AvgIpc) is 2.47. The highest BCUT2D eigenvalue weighted by molar-refractivity contribution is 7.87. The Morgan fingerprint density at radius 2 is 1.57 bits per heavy atom. The predicted molar refractivity (Wildman–Crippen MR) is 82.5 cm³/mol. The summed E-state index contributed by atoms with van der Waals surface area (Å²) in [5.74, 6) is -1.77. The third kappa shape index (κ3) is 3.49. The maximum absolute atomic E-state index is 12.3. The molecule has 0 atom stereocenters. The molecule has 7 nitrogen and oxygen atoms in total. The van der Waals surface area contributed by atoms with Gasteiger partial charge < -0.3 is 15.7 Å². The van der Waals surface area contributed by atoms with Gasteiger partial charge in [0.15, 0.2) is 5.75 Å². The Kier molecular flexibility index (Phi) is 4.37. The van der Waals surface area contributed by atoms with Gasteiger partial charge in [-0.3, -0.25) is 9.59 Å². The van der Waals surface area contributed by atoms with Gasteiger partial charge in [-0.15, -0.1) is 0 Å². The van der Waals surface area contributed by atoms with Gasteiger partial charge in [-0.05, 0) is 36.8 Å². The number of hydrogen-bond donors (Lipinski definition) is 2. The Balaban J connectivity index is 2.47. The van der Waals surface area contributed by atoms with E-state index in [1.807, 2.05) is 0 Å². The van der Waals surface area contributed by atoms with E-state index in [1.165, 1.54) is 36.4 Å². The molecule has 0 bridgehead atoms. The summed E-state index contributed by atoms with van der Waals surface area (Å²) >= 11 is 0. The molecular weight excluding hydrogens is 320 g/mol. The zero-order valence-electron chi connectivity index (χ0n) is 12.1. The molecule has 0 unspecified atom stereocenters. The van der Waals surface area contributed by atoms with Crippen LogP contribution in [0, 0.1) is 6.92 Å². The smallest absolute Gasteiger partial charge is 0.339 e. The largest absolute Gasteiger partial charge is 0.378 e. The Morgan fingerprint density at radius 1 is 0.957 bits per heavy atom. The molecule has 2 rings (SSSR count). The van der Waals surface area contributed by atoms with Crippen molar-refractivity contribution in [3.63, 3.8) is 0 Å². The molecule has 8 heteroatoms. The van der Waals surface area contributed by atoms with Crippen molar-refractivity contribution in [3.8, 4) is 5.75 Å². The second-order valence-corrected chi connectivity index (χ2v) is 6.29. The van der Waals surface area contributed by atoms with Crippen LogP contribution in [0.5, 0.6) is 5.75 Å². The molecule has 4 N–H and O–H groups in total. The van der Waals surface area contributed by atoms with Crippen LogP contribution in [-0.2, 0) is 10.1 Å². The quantitative estimate of drug-likeness (QED) is 0.787. The normalized spacial score (nSPS) is 11.0. The van der Waals surface area contributed by atoms with Crippen LogP contribution in [0.1, 0.15) is 26.3 Å². The van der Waals surface area contributed by atoms with E-state index in [9.17, 15) is 18.0 Å². The number of primary amides is 2. The molecule has 0 aromatic heterocycles. The van der Waals surface area contributed by atoms with Crippen molar-refractivity contribution in [1.29, 1.82) is 0 Å². The minimum atomic E-state index is -4.26. The van der Waals surface area contributed by atoms with Crippen molar-refractivity contribution in [2.75, 3.05) is 0 Å². The molecular formula is C15H14N2O5S. The zero-order chi connectivity index (χ0) is 17.2. The van der Waals surface area contributed by atoms with Gasteiger partial charge in [-0.25, -0.2) is 0 Å². The van der Waals surface area contributed by atoms with Crippen LogP contribution in [0.25, 0.3) is 0 Å². The lowest BCUT2D eigenvalue weighted by atomic mass is 10.1. The summed E-state index contributed by atoms with van der Waals surface area (Å²) in [5, 5.41) is 0. The van der Waals surface area contributed by atoms with Gasteiger partial charge >= 0.3 is 10.1 Å². The molecule has 120 valence electrons. The fraction of sp³-hybridized carbons (Fsp3) is 0.0667. The van der Waals surface area contributed by atoms with Crippen LogP contribution >= 0.6 is 0 Å². The van der Waals surface area contributed by atoms with E-state index < -0.39 is 21.9 Å². The molecule has 23 heavy (non-hydrogen) atoms. The Morgan fingerprint density at radius 3 is 2.17 bits per heavy atom. The molecule has 2 aromatic rings. The van der Waals surface area contributed by atoms with E-state index in [0.717, 1.165) is 6.07 Å². The van der Waals surface area contributed by atoms with E-state index in [4.69, 9.17) is 15.7 Å². The first-order valence-electron chi connectivity index (χ1n) is 6.46. The standard InChI is InChI=1S/C15H14N2O5S/c1-9-6-7-10(8-12(9)15(17)19)23(20,21)22-13-5-3-2-4-11(13)14(16)18/h2-8H,1H3,(H2,16,18)(H2,17,19). The highest BCUT2D eigenvalue weighted by Gasteiger charge is 2.21. The van der Waals surface area contributed by atoms with E-state index in [2.05, 4.69) is 0 Å². The number of benzene rings is 2. The van der Waals surface area contributed by atoms with Crippen LogP contribution in [0.15, 0.2) is 47.4 Å². The van der Waals surface area contributed by atoms with Gasteiger partial charge in [-0.1, -0.05) is 18.2 Å². The molecule has 2 aromatic carbocycles. The third-order valence-corrected chi connectivity index (χ3v) is 4.35. The highest BCUT2D eigenvalue weighted by atomic mass is 32.2. The average molecular weight is 334 g/mol. The van der Waals surface area contributed by atoms with Crippen molar-refractivity contribution in [2.45, 2.75) is 11.8 Å². The second-order valence-electron chi connectivity index (χ2n) is 4.74. The van der Waals surface area contributed by atoms with Gasteiger partial charge in [0.1, 0.15) is 4.90 Å². The van der Waals surface area contributed by atoms with E-state index in [0.29, 0.717) is 5.56 Å². The SMILES string of the molecule is Cc1ccc(S(=O)(=O)Oc2ccccc2C(N)=O)cc1C(N)=O. The fourth-order valence-corrected chi connectivity index (χ4v) is 2.91. The summed E-state index contributed by atoms with van der Waals surface area (Å²) in [6.45, 7) is 1.62. The summed E-state index contributed by atoms with van der Waals surface area (Å²) in [4.78, 5) is 22.4. The highest BCUT2D eigenvalue weighted by Crippen LogP contribution is 2.24. The predicted octanol–water partition coefficient (Wildman–Crippen LogP) is 0.961. The molecule has 0 saturated carbocycles. The molecule has 0 spiro atoms. The number of hydrogen-bond acceptors (Lipinski definition) is 5. The van der Waals surface area contributed by atoms with Crippen molar-refractivity contribution in [1.82, 2.24) is 0 Å². The number of para-hydroxylation sites is 1. The number of nitrogens with two attached hydrogens (primary N) is 2. The third-order valence-electron chi connectivity index (χ3n) is 3.12. The molecule has 0 aliphatic heterocycles. The number of aryl methyl sites for hydroxylation is 1. The monoisotopic (exact) mass is 334 g/mol. The van der Waals surface area contributed by atoms with Crippen LogP contribution in [-0.4, -0.2) is 20.2 Å².